The van der Waals surface area contributed by atoms with E-state index >= 15 is 0 Å². The fourth-order valence-electron chi connectivity index (χ4n) is 3.40. The Morgan fingerprint density at radius 1 is 1.21 bits per heavy atom. The molecule has 3 heterocycles. The Balaban J connectivity index is 1.69. The van der Waals surface area contributed by atoms with E-state index in [4.69, 9.17) is 18.9 Å². The van der Waals surface area contributed by atoms with Crippen LogP contribution in [0.4, 0.5) is 0 Å². The summed E-state index contributed by atoms with van der Waals surface area (Å²) in [7, 11) is 0. The first kappa shape index (κ1) is 16.2. The standard InChI is InChI=1S/C18H21NO4S/c1-12-18(16-19-9-10-24-16,20-11-13-7-5-4-6-8-13)14-15(21-12)23-17(2,3)22-14/h4-10,12,14-15H,11H2,1-3H3/t12-,14-,15+,18+/m0/s1. The molecule has 0 bridgehead atoms. The molecule has 0 amide bonds. The van der Waals surface area contributed by atoms with Crippen LogP contribution in [0.2, 0.25) is 0 Å². The van der Waals surface area contributed by atoms with Crippen LogP contribution in [0.3, 0.4) is 0 Å². The zero-order valence-electron chi connectivity index (χ0n) is 14.0. The van der Waals surface area contributed by atoms with Gasteiger partial charge in [0.25, 0.3) is 0 Å². The molecule has 6 heteroatoms. The summed E-state index contributed by atoms with van der Waals surface area (Å²) in [5.74, 6) is -0.700. The van der Waals surface area contributed by atoms with Gasteiger partial charge in [-0.15, -0.1) is 11.3 Å². The molecule has 5 nitrogen and oxygen atoms in total. The fourth-order valence-corrected chi connectivity index (χ4v) is 4.30. The Labute approximate surface area is 145 Å². The maximum atomic E-state index is 6.46. The molecular formula is C18H21NO4S. The summed E-state index contributed by atoms with van der Waals surface area (Å²) < 4.78 is 24.6. The summed E-state index contributed by atoms with van der Waals surface area (Å²) in [5, 5.41) is 2.81. The van der Waals surface area contributed by atoms with E-state index < -0.39 is 17.7 Å². The Morgan fingerprint density at radius 2 is 2.00 bits per heavy atom. The molecule has 2 fully saturated rings. The lowest BCUT2D eigenvalue weighted by Crippen LogP contribution is -2.47. The van der Waals surface area contributed by atoms with Gasteiger partial charge in [-0.25, -0.2) is 4.98 Å². The van der Waals surface area contributed by atoms with Crippen molar-refractivity contribution < 1.29 is 18.9 Å². The SMILES string of the molecule is C[C@@H]1O[C@@H]2OC(C)(C)O[C@@H]2[C@@]1(OCc1ccccc1)c1nccs1. The summed E-state index contributed by atoms with van der Waals surface area (Å²) in [6.45, 7) is 6.23. The van der Waals surface area contributed by atoms with E-state index in [2.05, 4.69) is 4.98 Å². The number of fused-ring (bicyclic) bond motifs is 1. The van der Waals surface area contributed by atoms with Crippen molar-refractivity contribution in [2.24, 2.45) is 0 Å². The smallest absolute Gasteiger partial charge is 0.191 e. The van der Waals surface area contributed by atoms with Gasteiger partial charge in [-0.1, -0.05) is 30.3 Å². The average Bonchev–Trinajstić information content (AvgIpc) is 3.22. The molecule has 0 radical (unpaired) electrons. The molecule has 0 aliphatic carbocycles. The van der Waals surface area contributed by atoms with Gasteiger partial charge in [0.2, 0.25) is 0 Å². The molecule has 0 unspecified atom stereocenters. The number of rotatable bonds is 4. The lowest BCUT2D eigenvalue weighted by Gasteiger charge is -2.35. The van der Waals surface area contributed by atoms with Crippen molar-refractivity contribution in [3.05, 3.63) is 52.5 Å². The molecule has 2 aliphatic heterocycles. The largest absolute Gasteiger partial charge is 0.357 e. The van der Waals surface area contributed by atoms with Gasteiger partial charge in [-0.2, -0.15) is 0 Å². The van der Waals surface area contributed by atoms with Crippen LogP contribution in [0.5, 0.6) is 0 Å². The molecular weight excluding hydrogens is 326 g/mol. The van der Waals surface area contributed by atoms with E-state index in [-0.39, 0.29) is 12.2 Å². The normalized spacial score (nSPS) is 34.4. The lowest BCUT2D eigenvalue weighted by molar-refractivity contribution is -0.239. The summed E-state index contributed by atoms with van der Waals surface area (Å²) in [5.41, 5.74) is 0.324. The van der Waals surface area contributed by atoms with E-state index in [0.29, 0.717) is 6.61 Å². The molecule has 4 rings (SSSR count). The third-order valence-electron chi connectivity index (χ3n) is 4.51. The summed E-state index contributed by atoms with van der Waals surface area (Å²) in [4.78, 5) is 4.52. The molecule has 0 N–H and O–H groups in total. The first-order valence-corrected chi connectivity index (χ1v) is 8.98. The lowest BCUT2D eigenvalue weighted by atomic mass is 9.93. The monoisotopic (exact) mass is 347 g/mol. The van der Waals surface area contributed by atoms with Crippen LogP contribution in [-0.2, 0) is 31.2 Å². The van der Waals surface area contributed by atoms with Crippen molar-refractivity contribution in [2.75, 3.05) is 0 Å². The molecule has 0 saturated carbocycles. The first-order valence-electron chi connectivity index (χ1n) is 8.10. The quantitative estimate of drug-likeness (QED) is 0.848. The highest BCUT2D eigenvalue weighted by molar-refractivity contribution is 7.09. The van der Waals surface area contributed by atoms with E-state index in [0.717, 1.165) is 10.6 Å². The number of hydrogen-bond donors (Lipinski definition) is 0. The maximum Gasteiger partial charge on any atom is 0.191 e. The van der Waals surface area contributed by atoms with Crippen LogP contribution < -0.4 is 0 Å². The highest BCUT2D eigenvalue weighted by Crippen LogP contribution is 2.51. The van der Waals surface area contributed by atoms with Gasteiger partial charge in [-0.3, -0.25) is 0 Å². The molecule has 2 aliphatic rings. The molecule has 1 aromatic heterocycles. The van der Waals surface area contributed by atoms with Crippen molar-refractivity contribution >= 4 is 11.3 Å². The predicted octanol–water partition coefficient (Wildman–Crippen LogP) is 3.45. The van der Waals surface area contributed by atoms with Crippen molar-refractivity contribution in [1.82, 2.24) is 4.98 Å². The number of ether oxygens (including phenoxy) is 4. The number of nitrogens with zero attached hydrogens (tertiary/aromatic N) is 1. The molecule has 1 aromatic carbocycles. The van der Waals surface area contributed by atoms with Crippen LogP contribution in [0.1, 0.15) is 31.3 Å². The zero-order valence-corrected chi connectivity index (χ0v) is 14.8. The Kier molecular flexibility index (Phi) is 3.97. The van der Waals surface area contributed by atoms with E-state index in [1.54, 1.807) is 17.5 Å². The van der Waals surface area contributed by atoms with Gasteiger partial charge in [0.1, 0.15) is 11.1 Å². The van der Waals surface area contributed by atoms with E-state index in [9.17, 15) is 0 Å². The third kappa shape index (κ3) is 2.59. The Hall–Kier alpha value is -1.31. The number of hydrogen-bond acceptors (Lipinski definition) is 6. The maximum absolute atomic E-state index is 6.46. The van der Waals surface area contributed by atoms with Crippen LogP contribution in [-0.4, -0.2) is 29.3 Å². The number of aromatic nitrogens is 1. The topological polar surface area (TPSA) is 49.8 Å². The molecule has 128 valence electrons. The average molecular weight is 347 g/mol. The molecule has 4 atom stereocenters. The van der Waals surface area contributed by atoms with Gasteiger partial charge in [0.15, 0.2) is 17.7 Å². The first-order chi connectivity index (χ1) is 11.5. The molecule has 24 heavy (non-hydrogen) atoms. The van der Waals surface area contributed by atoms with E-state index in [1.807, 2.05) is 56.5 Å². The van der Waals surface area contributed by atoms with Crippen molar-refractivity contribution in [3.8, 4) is 0 Å². The minimum atomic E-state index is -0.775. The van der Waals surface area contributed by atoms with Crippen molar-refractivity contribution in [3.63, 3.8) is 0 Å². The highest BCUT2D eigenvalue weighted by Gasteiger charge is 2.65. The van der Waals surface area contributed by atoms with Gasteiger partial charge in [0.05, 0.1) is 12.7 Å². The Bertz CT molecular complexity index is 690. The fraction of sp³-hybridized carbons (Fsp3) is 0.500. The number of benzene rings is 1. The van der Waals surface area contributed by atoms with E-state index in [1.165, 1.54) is 0 Å². The molecule has 2 saturated heterocycles. The third-order valence-corrected chi connectivity index (χ3v) is 5.42. The van der Waals surface area contributed by atoms with Crippen LogP contribution >= 0.6 is 11.3 Å². The van der Waals surface area contributed by atoms with Crippen LogP contribution in [0, 0.1) is 0 Å². The van der Waals surface area contributed by atoms with Gasteiger partial charge in [0, 0.05) is 11.6 Å². The second-order valence-corrected chi connectivity index (χ2v) is 7.50. The van der Waals surface area contributed by atoms with Crippen molar-refractivity contribution in [2.45, 2.75) is 57.3 Å². The van der Waals surface area contributed by atoms with Crippen LogP contribution in [0.15, 0.2) is 41.9 Å². The van der Waals surface area contributed by atoms with Crippen molar-refractivity contribution in [1.29, 1.82) is 0 Å². The second kappa shape index (κ2) is 5.89. The minimum Gasteiger partial charge on any atom is -0.357 e. The summed E-state index contributed by atoms with van der Waals surface area (Å²) >= 11 is 1.56. The zero-order chi connectivity index (χ0) is 16.8. The van der Waals surface area contributed by atoms with Crippen LogP contribution in [0.25, 0.3) is 0 Å². The Morgan fingerprint density at radius 3 is 2.71 bits per heavy atom. The van der Waals surface area contributed by atoms with Gasteiger partial charge >= 0.3 is 0 Å². The van der Waals surface area contributed by atoms with Gasteiger partial charge < -0.3 is 18.9 Å². The molecule has 0 spiro atoms. The highest BCUT2D eigenvalue weighted by atomic mass is 32.1. The van der Waals surface area contributed by atoms with Gasteiger partial charge in [-0.05, 0) is 26.3 Å². The predicted molar refractivity (Wildman–Crippen MR) is 89.4 cm³/mol. The second-order valence-electron chi connectivity index (χ2n) is 6.61. The minimum absolute atomic E-state index is 0.224. The number of thiazole rings is 1. The summed E-state index contributed by atoms with van der Waals surface area (Å²) in [6.07, 6.45) is 0.764. The summed E-state index contributed by atoms with van der Waals surface area (Å²) in [6, 6.07) is 10.1. The molecule has 2 aromatic rings.